The average Bonchev–Trinajstić information content (AvgIpc) is 2.37. The maximum Gasteiger partial charge on any atom is 0.308 e. The first kappa shape index (κ1) is 20.6. The number of esters is 1. The van der Waals surface area contributed by atoms with Gasteiger partial charge in [-0.05, 0) is 46.6 Å². The van der Waals surface area contributed by atoms with E-state index in [1.807, 2.05) is 40.7 Å². The monoisotopic (exact) mass is 308 g/mol. The van der Waals surface area contributed by atoms with Crippen LogP contribution in [0.2, 0.25) is 0 Å². The zero-order valence-corrected chi connectivity index (χ0v) is 15.0. The standard InChI is InChI=1S/C19H32O3/c1-8-19(7,21)11-9-10-16(6)13-17(12-14(2)3)22-18(20)15(4)5/h8,10,12,15,17,21H,1,9,11,13H2,2-7H3. The molecule has 3 heteroatoms. The van der Waals surface area contributed by atoms with Crippen molar-refractivity contribution < 1.29 is 14.6 Å². The molecular formula is C19H32O3. The topological polar surface area (TPSA) is 46.5 Å². The fraction of sp³-hybridized carbons (Fsp3) is 0.632. The highest BCUT2D eigenvalue weighted by molar-refractivity contribution is 5.71. The van der Waals surface area contributed by atoms with Crippen LogP contribution in [0.1, 0.15) is 60.8 Å². The van der Waals surface area contributed by atoms with Crippen molar-refractivity contribution in [1.82, 2.24) is 0 Å². The first-order chi connectivity index (χ1) is 10.1. The van der Waals surface area contributed by atoms with Crippen LogP contribution in [0, 0.1) is 5.92 Å². The lowest BCUT2D eigenvalue weighted by atomic mass is 9.98. The molecule has 126 valence electrons. The molecule has 0 bridgehead atoms. The Kier molecular flexibility index (Phi) is 9.03. The largest absolute Gasteiger partial charge is 0.458 e. The predicted octanol–water partition coefficient (Wildman–Crippen LogP) is 4.57. The van der Waals surface area contributed by atoms with E-state index in [0.29, 0.717) is 12.8 Å². The molecule has 0 aliphatic rings. The van der Waals surface area contributed by atoms with Gasteiger partial charge in [-0.2, -0.15) is 0 Å². The van der Waals surface area contributed by atoms with Crippen molar-refractivity contribution in [3.05, 3.63) is 36.0 Å². The molecule has 0 aliphatic heterocycles. The minimum atomic E-state index is -0.833. The molecule has 0 saturated carbocycles. The van der Waals surface area contributed by atoms with Crippen molar-refractivity contribution >= 4 is 5.97 Å². The van der Waals surface area contributed by atoms with Crippen LogP contribution in [-0.2, 0) is 9.53 Å². The molecule has 0 aliphatic carbocycles. The number of rotatable bonds is 9. The summed E-state index contributed by atoms with van der Waals surface area (Å²) in [5.41, 5.74) is 1.45. The van der Waals surface area contributed by atoms with Gasteiger partial charge in [0.15, 0.2) is 0 Å². The third kappa shape index (κ3) is 9.56. The van der Waals surface area contributed by atoms with Gasteiger partial charge < -0.3 is 9.84 Å². The summed E-state index contributed by atoms with van der Waals surface area (Å²) in [5, 5.41) is 9.89. The Morgan fingerprint density at radius 3 is 2.36 bits per heavy atom. The Labute approximate surface area is 135 Å². The summed E-state index contributed by atoms with van der Waals surface area (Å²) in [5.74, 6) is -0.301. The van der Waals surface area contributed by atoms with Gasteiger partial charge in [0.2, 0.25) is 0 Å². The molecule has 2 unspecified atom stereocenters. The average molecular weight is 308 g/mol. The number of carbonyl (C=O) groups excluding carboxylic acids is 1. The zero-order chi connectivity index (χ0) is 17.3. The molecular weight excluding hydrogens is 276 g/mol. The van der Waals surface area contributed by atoms with E-state index in [-0.39, 0.29) is 18.0 Å². The molecule has 0 aromatic heterocycles. The summed E-state index contributed by atoms with van der Waals surface area (Å²) < 4.78 is 5.54. The second-order valence-electron chi connectivity index (χ2n) is 6.73. The molecule has 0 saturated heterocycles. The number of hydrogen-bond donors (Lipinski definition) is 1. The third-order valence-corrected chi connectivity index (χ3v) is 3.36. The molecule has 3 nitrogen and oxygen atoms in total. The highest BCUT2D eigenvalue weighted by Crippen LogP contribution is 2.17. The summed E-state index contributed by atoms with van der Waals surface area (Å²) in [4.78, 5) is 11.8. The smallest absolute Gasteiger partial charge is 0.308 e. The van der Waals surface area contributed by atoms with Gasteiger partial charge >= 0.3 is 5.97 Å². The molecule has 0 amide bonds. The first-order valence-electron chi connectivity index (χ1n) is 7.94. The number of aliphatic hydroxyl groups is 1. The fourth-order valence-corrected chi connectivity index (χ4v) is 1.91. The van der Waals surface area contributed by atoms with Crippen molar-refractivity contribution in [3.63, 3.8) is 0 Å². The predicted molar refractivity (Wildman–Crippen MR) is 92.6 cm³/mol. The summed E-state index contributed by atoms with van der Waals surface area (Å²) in [7, 11) is 0. The molecule has 1 N–H and O–H groups in total. The van der Waals surface area contributed by atoms with Crippen molar-refractivity contribution in [2.45, 2.75) is 72.5 Å². The van der Waals surface area contributed by atoms with E-state index in [1.54, 1.807) is 13.0 Å². The van der Waals surface area contributed by atoms with Gasteiger partial charge in [0.25, 0.3) is 0 Å². The maximum absolute atomic E-state index is 11.8. The normalized spacial score (nSPS) is 15.9. The molecule has 0 aromatic rings. The van der Waals surface area contributed by atoms with E-state index in [4.69, 9.17) is 4.74 Å². The number of allylic oxidation sites excluding steroid dienone is 2. The van der Waals surface area contributed by atoms with E-state index >= 15 is 0 Å². The maximum atomic E-state index is 11.8. The van der Waals surface area contributed by atoms with Crippen LogP contribution in [0.25, 0.3) is 0 Å². The zero-order valence-electron chi connectivity index (χ0n) is 15.0. The highest BCUT2D eigenvalue weighted by atomic mass is 16.5. The van der Waals surface area contributed by atoms with Gasteiger partial charge in [-0.15, -0.1) is 6.58 Å². The summed E-state index contributed by atoms with van der Waals surface area (Å²) >= 11 is 0. The molecule has 0 fully saturated rings. The van der Waals surface area contributed by atoms with Crippen LogP contribution in [0.3, 0.4) is 0 Å². The van der Waals surface area contributed by atoms with Gasteiger partial charge in [0.1, 0.15) is 6.10 Å². The van der Waals surface area contributed by atoms with Gasteiger partial charge in [0, 0.05) is 6.42 Å². The van der Waals surface area contributed by atoms with E-state index in [0.717, 1.165) is 17.6 Å². The molecule has 2 atom stereocenters. The van der Waals surface area contributed by atoms with Crippen molar-refractivity contribution in [3.8, 4) is 0 Å². The van der Waals surface area contributed by atoms with Crippen LogP contribution < -0.4 is 0 Å². The number of ether oxygens (including phenoxy) is 1. The van der Waals surface area contributed by atoms with Crippen molar-refractivity contribution in [1.29, 1.82) is 0 Å². The molecule has 22 heavy (non-hydrogen) atoms. The second-order valence-corrected chi connectivity index (χ2v) is 6.73. The first-order valence-corrected chi connectivity index (χ1v) is 7.94. The van der Waals surface area contributed by atoms with E-state index in [9.17, 15) is 9.90 Å². The van der Waals surface area contributed by atoms with Crippen LogP contribution in [0.4, 0.5) is 0 Å². The number of hydrogen-bond acceptors (Lipinski definition) is 3. The SMILES string of the molecule is C=CC(C)(O)CCC=C(C)CC(C=C(C)C)OC(=O)C(C)C. The highest BCUT2D eigenvalue weighted by Gasteiger charge is 2.16. The van der Waals surface area contributed by atoms with E-state index in [2.05, 4.69) is 12.7 Å². The minimum Gasteiger partial charge on any atom is -0.458 e. The van der Waals surface area contributed by atoms with Gasteiger partial charge in [-0.1, -0.05) is 37.1 Å². The summed E-state index contributed by atoms with van der Waals surface area (Å²) in [6.45, 7) is 15.1. The molecule has 0 radical (unpaired) electrons. The molecule has 0 rings (SSSR count). The van der Waals surface area contributed by atoms with Crippen LogP contribution in [0.5, 0.6) is 0 Å². The lowest BCUT2D eigenvalue weighted by molar-refractivity contribution is -0.150. The van der Waals surface area contributed by atoms with Crippen LogP contribution in [0.15, 0.2) is 36.0 Å². The Hall–Kier alpha value is -1.35. The summed E-state index contributed by atoms with van der Waals surface area (Å²) in [6.07, 6.45) is 7.49. The Morgan fingerprint density at radius 1 is 1.32 bits per heavy atom. The molecule has 0 aromatic carbocycles. The molecule has 0 spiro atoms. The van der Waals surface area contributed by atoms with Crippen LogP contribution in [-0.4, -0.2) is 22.8 Å². The quantitative estimate of drug-likeness (QED) is 0.501. The third-order valence-electron chi connectivity index (χ3n) is 3.36. The second kappa shape index (κ2) is 9.62. The fourth-order valence-electron chi connectivity index (χ4n) is 1.91. The van der Waals surface area contributed by atoms with Gasteiger partial charge in [-0.25, -0.2) is 0 Å². The molecule has 0 heterocycles. The Morgan fingerprint density at radius 2 is 1.91 bits per heavy atom. The Balaban J connectivity index is 4.68. The number of carbonyl (C=O) groups is 1. The van der Waals surface area contributed by atoms with Gasteiger partial charge in [0.05, 0.1) is 11.5 Å². The van der Waals surface area contributed by atoms with E-state index < -0.39 is 5.60 Å². The van der Waals surface area contributed by atoms with Crippen molar-refractivity contribution in [2.75, 3.05) is 0 Å². The van der Waals surface area contributed by atoms with Crippen molar-refractivity contribution in [2.24, 2.45) is 5.92 Å². The van der Waals surface area contributed by atoms with Crippen LogP contribution >= 0.6 is 0 Å². The summed E-state index contributed by atoms with van der Waals surface area (Å²) in [6, 6.07) is 0. The lowest BCUT2D eigenvalue weighted by Crippen LogP contribution is -2.21. The van der Waals surface area contributed by atoms with E-state index in [1.165, 1.54) is 0 Å². The lowest BCUT2D eigenvalue weighted by Gasteiger charge is -2.18. The minimum absolute atomic E-state index is 0.125. The Bertz CT molecular complexity index is 424. The van der Waals surface area contributed by atoms with Gasteiger partial charge in [-0.3, -0.25) is 4.79 Å².